The first-order chi connectivity index (χ1) is 11.6. The SMILES string of the molecule is CC1C[C@H]2c3cc(S(=O)(=O)c4ccccc4)ccc3NC2CCN1. The summed E-state index contributed by atoms with van der Waals surface area (Å²) in [5.74, 6) is 0.371. The second-order valence-corrected chi connectivity index (χ2v) is 8.75. The predicted molar refractivity (Wildman–Crippen MR) is 95.2 cm³/mol. The molecule has 2 aromatic carbocycles. The highest BCUT2D eigenvalue weighted by Gasteiger charge is 2.35. The zero-order chi connectivity index (χ0) is 16.7. The molecule has 3 atom stereocenters. The molecule has 0 spiro atoms. The van der Waals surface area contributed by atoms with Gasteiger partial charge in [-0.15, -0.1) is 0 Å². The molecule has 0 bridgehead atoms. The number of fused-ring (bicyclic) bond motifs is 3. The van der Waals surface area contributed by atoms with Crippen molar-refractivity contribution in [3.05, 3.63) is 54.1 Å². The Balaban J connectivity index is 1.75. The van der Waals surface area contributed by atoms with E-state index in [-0.39, 0.29) is 0 Å². The smallest absolute Gasteiger partial charge is 0.206 e. The molecule has 1 saturated heterocycles. The molecular formula is C19H22N2O2S. The summed E-state index contributed by atoms with van der Waals surface area (Å²) in [6.45, 7) is 3.20. The van der Waals surface area contributed by atoms with Crippen LogP contribution in [0.1, 0.15) is 31.2 Å². The first-order valence-electron chi connectivity index (χ1n) is 8.50. The highest BCUT2D eigenvalue weighted by Crippen LogP contribution is 2.42. The molecule has 2 heterocycles. The fraction of sp³-hybridized carbons (Fsp3) is 0.368. The van der Waals surface area contributed by atoms with Crippen molar-refractivity contribution in [1.82, 2.24) is 5.32 Å². The van der Waals surface area contributed by atoms with Gasteiger partial charge in [0.1, 0.15) is 0 Å². The maximum absolute atomic E-state index is 12.9. The Kier molecular flexibility index (Phi) is 3.85. The van der Waals surface area contributed by atoms with E-state index in [2.05, 4.69) is 17.6 Å². The van der Waals surface area contributed by atoms with Crippen LogP contribution in [0, 0.1) is 0 Å². The lowest BCUT2D eigenvalue weighted by atomic mass is 9.89. The summed E-state index contributed by atoms with van der Waals surface area (Å²) in [4.78, 5) is 0.739. The number of rotatable bonds is 2. The lowest BCUT2D eigenvalue weighted by Crippen LogP contribution is -2.25. The minimum Gasteiger partial charge on any atom is -0.381 e. The Morgan fingerprint density at radius 3 is 2.62 bits per heavy atom. The molecule has 0 radical (unpaired) electrons. The lowest BCUT2D eigenvalue weighted by Gasteiger charge is -2.18. The van der Waals surface area contributed by atoms with Crippen LogP contribution in [-0.4, -0.2) is 27.0 Å². The van der Waals surface area contributed by atoms with Gasteiger partial charge in [-0.25, -0.2) is 8.42 Å². The summed E-state index contributed by atoms with van der Waals surface area (Å²) in [5, 5.41) is 7.10. The number of nitrogens with one attached hydrogen (secondary N) is 2. The molecule has 1 fully saturated rings. The van der Waals surface area contributed by atoms with E-state index < -0.39 is 9.84 Å². The average molecular weight is 342 g/mol. The summed E-state index contributed by atoms with van der Waals surface area (Å²) in [5.41, 5.74) is 2.23. The highest BCUT2D eigenvalue weighted by atomic mass is 32.2. The molecule has 4 rings (SSSR count). The number of sulfone groups is 1. The van der Waals surface area contributed by atoms with Crippen molar-refractivity contribution in [3.63, 3.8) is 0 Å². The Hall–Kier alpha value is -1.85. The van der Waals surface area contributed by atoms with Crippen molar-refractivity contribution < 1.29 is 8.42 Å². The summed E-state index contributed by atoms with van der Waals surface area (Å²) < 4.78 is 25.8. The van der Waals surface area contributed by atoms with E-state index in [1.54, 1.807) is 30.3 Å². The van der Waals surface area contributed by atoms with E-state index in [0.717, 1.165) is 30.6 Å². The molecule has 2 aromatic rings. The van der Waals surface area contributed by atoms with Crippen LogP contribution in [0.25, 0.3) is 0 Å². The molecule has 24 heavy (non-hydrogen) atoms. The monoisotopic (exact) mass is 342 g/mol. The maximum Gasteiger partial charge on any atom is 0.206 e. The van der Waals surface area contributed by atoms with Crippen molar-refractivity contribution in [1.29, 1.82) is 0 Å². The Bertz CT molecular complexity index is 849. The Morgan fingerprint density at radius 1 is 1.04 bits per heavy atom. The van der Waals surface area contributed by atoms with Crippen molar-refractivity contribution in [2.45, 2.75) is 47.6 Å². The zero-order valence-electron chi connectivity index (χ0n) is 13.7. The predicted octanol–water partition coefficient (Wildman–Crippen LogP) is 3.17. The van der Waals surface area contributed by atoms with Gasteiger partial charge < -0.3 is 10.6 Å². The fourth-order valence-corrected chi connectivity index (χ4v) is 5.23. The molecule has 126 valence electrons. The molecule has 2 aliphatic rings. The largest absolute Gasteiger partial charge is 0.381 e. The van der Waals surface area contributed by atoms with Gasteiger partial charge >= 0.3 is 0 Å². The van der Waals surface area contributed by atoms with Crippen LogP contribution in [-0.2, 0) is 9.84 Å². The minimum atomic E-state index is -3.46. The summed E-state index contributed by atoms with van der Waals surface area (Å²) >= 11 is 0. The molecule has 2 unspecified atom stereocenters. The molecule has 0 aliphatic carbocycles. The third-order valence-electron chi connectivity index (χ3n) is 5.17. The maximum atomic E-state index is 12.9. The number of hydrogen-bond acceptors (Lipinski definition) is 4. The van der Waals surface area contributed by atoms with Gasteiger partial charge in [-0.2, -0.15) is 0 Å². The van der Waals surface area contributed by atoms with Crippen LogP contribution in [0.3, 0.4) is 0 Å². The molecule has 0 aromatic heterocycles. The zero-order valence-corrected chi connectivity index (χ0v) is 14.5. The molecule has 0 saturated carbocycles. The first kappa shape index (κ1) is 15.7. The average Bonchev–Trinajstić information content (AvgIpc) is 2.81. The van der Waals surface area contributed by atoms with E-state index in [0.29, 0.717) is 27.8 Å². The van der Waals surface area contributed by atoms with E-state index in [1.807, 2.05) is 18.2 Å². The van der Waals surface area contributed by atoms with Crippen LogP contribution in [0.15, 0.2) is 58.3 Å². The van der Waals surface area contributed by atoms with Gasteiger partial charge in [-0.05, 0) is 62.2 Å². The molecule has 4 nitrogen and oxygen atoms in total. The quantitative estimate of drug-likeness (QED) is 0.880. The van der Waals surface area contributed by atoms with Crippen molar-refractivity contribution in [3.8, 4) is 0 Å². The lowest BCUT2D eigenvalue weighted by molar-refractivity contribution is 0.511. The second kappa shape index (κ2) is 5.90. The number of hydrogen-bond donors (Lipinski definition) is 2. The number of benzene rings is 2. The van der Waals surface area contributed by atoms with Crippen LogP contribution in [0.4, 0.5) is 5.69 Å². The molecular weight excluding hydrogens is 320 g/mol. The summed E-state index contributed by atoms with van der Waals surface area (Å²) in [6.07, 6.45) is 2.09. The summed E-state index contributed by atoms with van der Waals surface area (Å²) in [7, 11) is -3.46. The first-order valence-corrected chi connectivity index (χ1v) is 9.98. The van der Waals surface area contributed by atoms with Gasteiger partial charge in [-0.3, -0.25) is 0 Å². The van der Waals surface area contributed by atoms with Gasteiger partial charge in [0.15, 0.2) is 0 Å². The third kappa shape index (κ3) is 2.62. The van der Waals surface area contributed by atoms with Crippen molar-refractivity contribution in [2.24, 2.45) is 0 Å². The van der Waals surface area contributed by atoms with E-state index in [4.69, 9.17) is 0 Å². The third-order valence-corrected chi connectivity index (χ3v) is 6.94. The van der Waals surface area contributed by atoms with Crippen molar-refractivity contribution >= 4 is 15.5 Å². The van der Waals surface area contributed by atoms with E-state index in [1.165, 1.54) is 0 Å². The van der Waals surface area contributed by atoms with E-state index >= 15 is 0 Å². The summed E-state index contributed by atoms with van der Waals surface area (Å²) in [6, 6.07) is 15.0. The Morgan fingerprint density at radius 2 is 1.83 bits per heavy atom. The van der Waals surface area contributed by atoms with Crippen LogP contribution < -0.4 is 10.6 Å². The minimum absolute atomic E-state index is 0.350. The molecule has 2 N–H and O–H groups in total. The van der Waals surface area contributed by atoms with Crippen LogP contribution >= 0.6 is 0 Å². The highest BCUT2D eigenvalue weighted by molar-refractivity contribution is 7.91. The second-order valence-electron chi connectivity index (χ2n) is 6.80. The van der Waals surface area contributed by atoms with Crippen molar-refractivity contribution in [2.75, 3.05) is 11.9 Å². The van der Waals surface area contributed by atoms with Gasteiger partial charge in [0.2, 0.25) is 9.84 Å². The topological polar surface area (TPSA) is 58.2 Å². The fourth-order valence-electron chi connectivity index (χ4n) is 3.91. The van der Waals surface area contributed by atoms with Gasteiger partial charge in [0.25, 0.3) is 0 Å². The van der Waals surface area contributed by atoms with Gasteiger partial charge in [-0.1, -0.05) is 18.2 Å². The van der Waals surface area contributed by atoms with Gasteiger partial charge in [0, 0.05) is 23.7 Å². The molecule has 5 heteroatoms. The normalized spacial score (nSPS) is 26.1. The molecule has 2 aliphatic heterocycles. The van der Waals surface area contributed by atoms with Crippen LogP contribution in [0.2, 0.25) is 0 Å². The van der Waals surface area contributed by atoms with Crippen LogP contribution in [0.5, 0.6) is 0 Å². The molecule has 0 amide bonds. The standard InChI is InChI=1S/C19H22N2O2S/c1-13-11-16-17-12-15(24(22,23)14-5-3-2-4-6-14)7-8-18(17)21-19(16)9-10-20-13/h2-8,12-13,16,19-21H,9-11H2,1H3/t13?,16-,19?/m0/s1. The number of anilines is 1. The van der Waals surface area contributed by atoms with E-state index in [9.17, 15) is 8.42 Å². The Labute approximate surface area is 143 Å². The van der Waals surface area contributed by atoms with Gasteiger partial charge in [0.05, 0.1) is 9.79 Å².